The summed E-state index contributed by atoms with van der Waals surface area (Å²) < 4.78 is 0. The molecule has 0 unspecified atom stereocenters. The average Bonchev–Trinajstić information content (AvgIpc) is 2.47. The lowest BCUT2D eigenvalue weighted by atomic mass is 10.4. The van der Waals surface area contributed by atoms with Crippen molar-refractivity contribution in [3.05, 3.63) is 72.9 Å². The minimum atomic E-state index is -1.76. The molecule has 92 valence electrons. The van der Waals surface area contributed by atoms with Crippen LogP contribution in [0.25, 0.3) is 0 Å². The number of hydrogen-bond acceptors (Lipinski definition) is 0. The van der Waals surface area contributed by atoms with E-state index in [2.05, 4.69) is 79.9 Å². The van der Waals surface area contributed by atoms with Gasteiger partial charge in [-0.15, -0.1) is 6.58 Å². The van der Waals surface area contributed by atoms with E-state index in [0.717, 1.165) is 0 Å². The first-order chi connectivity index (χ1) is 8.83. The van der Waals surface area contributed by atoms with Crippen molar-refractivity contribution >= 4 is 18.4 Å². The van der Waals surface area contributed by atoms with Gasteiger partial charge in [0.15, 0.2) is 0 Å². The molecule has 2 rings (SSSR count). The van der Waals surface area contributed by atoms with Crippen molar-refractivity contribution in [3.63, 3.8) is 0 Å². The van der Waals surface area contributed by atoms with Gasteiger partial charge in [-0.25, -0.2) is 0 Å². The fourth-order valence-electron chi connectivity index (χ4n) is 2.66. The predicted molar refractivity (Wildman–Crippen MR) is 83.2 cm³/mol. The highest BCUT2D eigenvalue weighted by atomic mass is 28.3. The molecule has 0 aliphatic carbocycles. The fraction of sp³-hybridized carbons (Fsp3) is 0.176. The predicted octanol–water partition coefficient (Wildman–Crippen LogP) is 3.38. The lowest BCUT2D eigenvalue weighted by Crippen LogP contribution is -2.56. The van der Waals surface area contributed by atoms with Crippen LogP contribution < -0.4 is 10.4 Å². The Morgan fingerprint density at radius 2 is 1.33 bits per heavy atom. The number of hydrogen-bond donors (Lipinski definition) is 0. The van der Waals surface area contributed by atoms with Crippen LogP contribution in [-0.4, -0.2) is 8.07 Å². The quantitative estimate of drug-likeness (QED) is 0.716. The second-order valence-corrected chi connectivity index (χ2v) is 8.66. The Balaban J connectivity index is 2.57. The number of benzene rings is 2. The van der Waals surface area contributed by atoms with Crippen LogP contribution in [0.3, 0.4) is 0 Å². The Hall–Kier alpha value is -1.60. The molecule has 0 aromatic heterocycles. The summed E-state index contributed by atoms with van der Waals surface area (Å²) in [5, 5.41) is 2.93. The molecule has 0 saturated carbocycles. The van der Waals surface area contributed by atoms with Crippen LogP contribution in [0.5, 0.6) is 0 Å². The minimum absolute atomic E-state index is 1.20. The van der Waals surface area contributed by atoms with Gasteiger partial charge in [0.05, 0.1) is 0 Å². The van der Waals surface area contributed by atoms with Crippen LogP contribution in [-0.2, 0) is 0 Å². The third-order valence-corrected chi connectivity index (χ3v) is 8.28. The summed E-state index contributed by atoms with van der Waals surface area (Å²) in [5.41, 5.74) is 2.24. The highest BCUT2D eigenvalue weighted by Gasteiger charge is 2.32. The van der Waals surface area contributed by atoms with E-state index < -0.39 is 8.07 Å². The molecular weight excluding hydrogens is 232 g/mol. The van der Waals surface area contributed by atoms with E-state index >= 15 is 0 Å². The maximum atomic E-state index is 4.17. The Morgan fingerprint density at radius 1 is 0.889 bits per heavy atom. The van der Waals surface area contributed by atoms with Gasteiger partial charge >= 0.3 is 0 Å². The third kappa shape index (κ3) is 2.32. The summed E-state index contributed by atoms with van der Waals surface area (Å²) in [6, 6.07) is 23.0. The van der Waals surface area contributed by atoms with Crippen molar-refractivity contribution in [2.75, 3.05) is 0 Å². The molecule has 0 atom stereocenters. The average molecular weight is 252 g/mol. The molecule has 18 heavy (non-hydrogen) atoms. The molecule has 0 heterocycles. The summed E-state index contributed by atoms with van der Waals surface area (Å²) in [5.74, 6) is 0. The lowest BCUT2D eigenvalue weighted by molar-refractivity contribution is 1.06. The molecule has 1 heteroatoms. The summed E-state index contributed by atoms with van der Waals surface area (Å²) >= 11 is 0. The Morgan fingerprint density at radius 3 is 1.67 bits per heavy atom. The van der Waals surface area contributed by atoms with E-state index in [1.54, 1.807) is 0 Å². The topological polar surface area (TPSA) is 0 Å². The van der Waals surface area contributed by atoms with E-state index in [9.17, 15) is 0 Å². The normalized spacial score (nSPS) is 11.2. The van der Waals surface area contributed by atoms with E-state index in [4.69, 9.17) is 0 Å². The van der Waals surface area contributed by atoms with Crippen LogP contribution in [0.2, 0.25) is 6.04 Å². The van der Waals surface area contributed by atoms with Crippen molar-refractivity contribution in [1.82, 2.24) is 0 Å². The molecule has 2 aromatic rings. The van der Waals surface area contributed by atoms with Crippen LogP contribution in [0.1, 0.15) is 13.3 Å². The zero-order chi connectivity index (χ0) is 12.8. The summed E-state index contributed by atoms with van der Waals surface area (Å²) in [6.45, 7) is 6.43. The van der Waals surface area contributed by atoms with Crippen molar-refractivity contribution < 1.29 is 0 Å². The van der Waals surface area contributed by atoms with Crippen molar-refractivity contribution in [1.29, 1.82) is 0 Å². The molecular formula is C17H20Si. The minimum Gasteiger partial charge on any atom is -0.106 e. The number of rotatable bonds is 5. The molecule has 0 nitrogen and oxygen atoms in total. The molecule has 0 fully saturated rings. The van der Waals surface area contributed by atoms with Crippen LogP contribution in [0.4, 0.5) is 0 Å². The Bertz CT molecular complexity index is 448. The van der Waals surface area contributed by atoms with Gasteiger partial charge in [0.1, 0.15) is 8.07 Å². The monoisotopic (exact) mass is 252 g/mol. The van der Waals surface area contributed by atoms with Gasteiger partial charge < -0.3 is 0 Å². The van der Waals surface area contributed by atoms with Crippen LogP contribution >= 0.6 is 0 Å². The first-order valence-electron chi connectivity index (χ1n) is 6.58. The largest absolute Gasteiger partial charge is 0.140 e. The van der Waals surface area contributed by atoms with E-state index in [0.29, 0.717) is 0 Å². The van der Waals surface area contributed by atoms with Gasteiger partial charge in [-0.3, -0.25) is 0 Å². The zero-order valence-corrected chi connectivity index (χ0v) is 12.0. The molecule has 0 radical (unpaired) electrons. The highest BCUT2D eigenvalue weighted by Crippen LogP contribution is 2.14. The SMILES string of the molecule is C=C[Si](CCC)(c1ccccc1)c1ccccc1. The summed E-state index contributed by atoms with van der Waals surface area (Å²) in [7, 11) is -1.76. The Kier molecular flexibility index (Phi) is 4.16. The maximum absolute atomic E-state index is 4.17. The highest BCUT2D eigenvalue weighted by molar-refractivity contribution is 7.05. The van der Waals surface area contributed by atoms with Crippen LogP contribution in [0, 0.1) is 0 Å². The third-order valence-electron chi connectivity index (χ3n) is 3.57. The van der Waals surface area contributed by atoms with Gasteiger partial charge in [0.2, 0.25) is 0 Å². The van der Waals surface area contributed by atoms with Crippen molar-refractivity contribution in [3.8, 4) is 0 Å². The zero-order valence-electron chi connectivity index (χ0n) is 11.0. The van der Waals surface area contributed by atoms with Gasteiger partial charge in [-0.05, 0) is 16.4 Å². The van der Waals surface area contributed by atoms with E-state index in [1.165, 1.54) is 22.8 Å². The van der Waals surface area contributed by atoms with Gasteiger partial charge in [-0.1, -0.05) is 79.7 Å². The second-order valence-electron chi connectivity index (χ2n) is 4.66. The standard InChI is InChI=1S/C17H20Si/c1-3-15-18(4-2,16-11-7-5-8-12-16)17-13-9-6-10-14-17/h4-14H,2-3,15H2,1H3. The van der Waals surface area contributed by atoms with E-state index in [1.807, 2.05) is 0 Å². The van der Waals surface area contributed by atoms with Crippen LogP contribution in [0.15, 0.2) is 72.9 Å². The lowest BCUT2D eigenvalue weighted by Gasteiger charge is -2.29. The van der Waals surface area contributed by atoms with E-state index in [-0.39, 0.29) is 0 Å². The fourth-order valence-corrected chi connectivity index (χ4v) is 6.61. The van der Waals surface area contributed by atoms with Crippen molar-refractivity contribution in [2.45, 2.75) is 19.4 Å². The molecule has 0 aliphatic heterocycles. The maximum Gasteiger partial charge on any atom is 0.140 e. The molecule has 0 aliphatic rings. The molecule has 0 amide bonds. The van der Waals surface area contributed by atoms with Gasteiger partial charge in [0.25, 0.3) is 0 Å². The smallest absolute Gasteiger partial charge is 0.106 e. The Labute approximate surface area is 111 Å². The molecule has 2 aromatic carbocycles. The molecule has 0 saturated heterocycles. The van der Waals surface area contributed by atoms with Crippen molar-refractivity contribution in [2.24, 2.45) is 0 Å². The molecule has 0 N–H and O–H groups in total. The molecule has 0 spiro atoms. The summed E-state index contributed by atoms with van der Waals surface area (Å²) in [6.07, 6.45) is 1.20. The molecule has 0 bridgehead atoms. The second kappa shape index (κ2) is 5.83. The summed E-state index contributed by atoms with van der Waals surface area (Å²) in [4.78, 5) is 0. The van der Waals surface area contributed by atoms with Gasteiger partial charge in [-0.2, -0.15) is 0 Å². The first kappa shape index (κ1) is 12.8. The van der Waals surface area contributed by atoms with Gasteiger partial charge in [0, 0.05) is 0 Å². The first-order valence-corrected chi connectivity index (χ1v) is 8.86.